The molecule has 3 unspecified atom stereocenters. The van der Waals surface area contributed by atoms with Crippen LogP contribution in [0.5, 0.6) is 0 Å². The number of allylic oxidation sites excluding steroid dienone is 1. The minimum atomic E-state index is -1.09. The van der Waals surface area contributed by atoms with Gasteiger partial charge in [-0.25, -0.2) is 0 Å². The van der Waals surface area contributed by atoms with Gasteiger partial charge in [-0.2, -0.15) is 4.74 Å². The SMILES string of the molecule is CC1(C)C2=[N+]([O-])c3cc(-c4ccccc4)ccc3C2=CC23NC(=O)C4(CCCN4C2=O)CC13. The van der Waals surface area contributed by atoms with Gasteiger partial charge in [0, 0.05) is 18.5 Å². The number of rotatable bonds is 1. The van der Waals surface area contributed by atoms with Gasteiger partial charge >= 0.3 is 0 Å². The molecule has 5 aliphatic heterocycles. The van der Waals surface area contributed by atoms with Gasteiger partial charge in [0.15, 0.2) is 0 Å². The molecule has 0 radical (unpaired) electrons. The zero-order valence-electron chi connectivity index (χ0n) is 18.7. The van der Waals surface area contributed by atoms with Crippen molar-refractivity contribution in [2.45, 2.75) is 44.2 Å². The minimum Gasteiger partial charge on any atom is -0.618 e. The third-order valence-corrected chi connectivity index (χ3v) is 8.85. The minimum absolute atomic E-state index is 0.0118. The van der Waals surface area contributed by atoms with Crippen LogP contribution in [0.2, 0.25) is 0 Å². The van der Waals surface area contributed by atoms with Crippen LogP contribution in [0, 0.1) is 16.5 Å². The Morgan fingerprint density at radius 2 is 1.88 bits per heavy atom. The van der Waals surface area contributed by atoms with E-state index in [1.165, 1.54) is 0 Å². The van der Waals surface area contributed by atoms with E-state index >= 15 is 0 Å². The van der Waals surface area contributed by atoms with Crippen LogP contribution in [0.15, 0.2) is 54.6 Å². The molecule has 4 fully saturated rings. The van der Waals surface area contributed by atoms with E-state index in [2.05, 4.69) is 19.2 Å². The number of amides is 2. The van der Waals surface area contributed by atoms with Crippen molar-refractivity contribution in [3.8, 4) is 11.1 Å². The predicted molar refractivity (Wildman–Crippen MR) is 125 cm³/mol. The summed E-state index contributed by atoms with van der Waals surface area (Å²) >= 11 is 0. The van der Waals surface area contributed by atoms with Gasteiger partial charge < -0.3 is 15.4 Å². The van der Waals surface area contributed by atoms with Crippen molar-refractivity contribution in [1.82, 2.24) is 10.2 Å². The molecule has 0 aromatic heterocycles. The van der Waals surface area contributed by atoms with Crippen LogP contribution in [0.4, 0.5) is 5.69 Å². The van der Waals surface area contributed by atoms with Gasteiger partial charge in [0.25, 0.3) is 5.91 Å². The van der Waals surface area contributed by atoms with E-state index in [0.717, 1.165) is 33.4 Å². The smallest absolute Gasteiger partial charge is 0.253 e. The van der Waals surface area contributed by atoms with Crippen molar-refractivity contribution >= 4 is 28.8 Å². The first-order valence-corrected chi connectivity index (χ1v) is 11.7. The summed E-state index contributed by atoms with van der Waals surface area (Å²) in [6, 6.07) is 15.9. The third kappa shape index (κ3) is 2.04. The van der Waals surface area contributed by atoms with E-state index in [1.54, 1.807) is 0 Å². The van der Waals surface area contributed by atoms with Crippen molar-refractivity contribution in [3.63, 3.8) is 0 Å². The Kier molecular flexibility index (Phi) is 3.32. The van der Waals surface area contributed by atoms with Gasteiger partial charge in [0.2, 0.25) is 17.3 Å². The van der Waals surface area contributed by atoms with Crippen molar-refractivity contribution in [1.29, 1.82) is 0 Å². The Balaban J connectivity index is 1.46. The Hall–Kier alpha value is -3.41. The fraction of sp³-hybridized carbons (Fsp3) is 0.370. The van der Waals surface area contributed by atoms with Crippen LogP contribution in [-0.4, -0.2) is 44.8 Å². The summed E-state index contributed by atoms with van der Waals surface area (Å²) in [4.78, 5) is 28.9. The van der Waals surface area contributed by atoms with Crippen LogP contribution >= 0.6 is 0 Å². The van der Waals surface area contributed by atoms with Gasteiger partial charge in [-0.15, -0.1) is 0 Å². The molecule has 0 saturated carbocycles. The number of piperidine rings is 2. The summed E-state index contributed by atoms with van der Waals surface area (Å²) in [5, 5.41) is 16.9. The summed E-state index contributed by atoms with van der Waals surface area (Å²) in [7, 11) is 0. The maximum atomic E-state index is 13.8. The Morgan fingerprint density at radius 1 is 1.09 bits per heavy atom. The summed E-state index contributed by atoms with van der Waals surface area (Å²) < 4.78 is 1.07. The molecular formula is C27H25N3O3. The van der Waals surface area contributed by atoms with Crippen LogP contribution in [0.25, 0.3) is 16.7 Å². The van der Waals surface area contributed by atoms with Gasteiger partial charge in [-0.1, -0.05) is 36.4 Å². The van der Waals surface area contributed by atoms with Crippen LogP contribution in [0.1, 0.15) is 38.7 Å². The molecule has 4 saturated heterocycles. The first-order chi connectivity index (χ1) is 15.8. The predicted octanol–water partition coefficient (Wildman–Crippen LogP) is 3.62. The molecule has 2 aromatic carbocycles. The van der Waals surface area contributed by atoms with E-state index in [1.807, 2.05) is 59.5 Å². The zero-order valence-corrected chi connectivity index (χ0v) is 18.7. The molecular weight excluding hydrogens is 414 g/mol. The first-order valence-electron chi connectivity index (χ1n) is 11.7. The molecule has 6 heteroatoms. The van der Waals surface area contributed by atoms with Gasteiger partial charge in [-0.05, 0) is 56.4 Å². The Morgan fingerprint density at radius 3 is 2.67 bits per heavy atom. The van der Waals surface area contributed by atoms with Crippen LogP contribution in [0.3, 0.4) is 0 Å². The number of benzene rings is 2. The van der Waals surface area contributed by atoms with Crippen LogP contribution in [-0.2, 0) is 9.59 Å². The summed E-state index contributed by atoms with van der Waals surface area (Å²) in [6.07, 6.45) is 4.04. The molecule has 2 spiro atoms. The standard InChI is InChI=1S/C27H25N3O3/c1-25(2)21-15-26-11-6-12-29(26)24(32)27(21,28-23(26)31)14-19-18-10-9-17(16-7-4-3-5-8-16)13-20(18)30(33)22(19)25/h3-5,7-10,13-14,21H,6,11-12,15H2,1-2H3,(H,28,31). The maximum absolute atomic E-state index is 13.8. The topological polar surface area (TPSA) is 75.5 Å². The normalized spacial score (nSPS) is 32.7. The lowest BCUT2D eigenvalue weighted by atomic mass is 9.51. The number of fused-ring (bicyclic) bond motifs is 4. The molecule has 1 N–H and O–H groups in total. The molecule has 6 nitrogen and oxygen atoms in total. The highest BCUT2D eigenvalue weighted by atomic mass is 16.5. The molecule has 166 valence electrons. The fourth-order valence-electron chi connectivity index (χ4n) is 7.30. The monoisotopic (exact) mass is 439 g/mol. The average molecular weight is 440 g/mol. The summed E-state index contributed by atoms with van der Waals surface area (Å²) in [5.74, 6) is -0.214. The average Bonchev–Trinajstić information content (AvgIpc) is 3.36. The Bertz CT molecular complexity index is 1340. The van der Waals surface area contributed by atoms with E-state index in [0.29, 0.717) is 30.8 Å². The van der Waals surface area contributed by atoms with Crippen molar-refractivity contribution < 1.29 is 14.3 Å². The van der Waals surface area contributed by atoms with Gasteiger partial charge in [0.1, 0.15) is 11.1 Å². The second-order valence-electron chi connectivity index (χ2n) is 10.7. The molecule has 2 aromatic rings. The highest BCUT2D eigenvalue weighted by Gasteiger charge is 2.73. The molecule has 6 aliphatic rings. The second kappa shape index (κ2) is 5.74. The molecule has 3 atom stereocenters. The highest BCUT2D eigenvalue weighted by molar-refractivity contribution is 6.30. The lowest BCUT2D eigenvalue weighted by Gasteiger charge is -2.62. The van der Waals surface area contributed by atoms with Gasteiger partial charge in [-0.3, -0.25) is 9.59 Å². The van der Waals surface area contributed by atoms with E-state index in [9.17, 15) is 14.8 Å². The molecule has 5 heterocycles. The highest BCUT2D eigenvalue weighted by Crippen LogP contribution is 2.60. The number of carbonyl (C=O) groups excluding carboxylic acids is 2. The molecule has 2 bridgehead atoms. The number of hydrogen-bond donors (Lipinski definition) is 1. The van der Waals surface area contributed by atoms with E-state index in [-0.39, 0.29) is 17.7 Å². The van der Waals surface area contributed by atoms with Crippen molar-refractivity contribution in [2.75, 3.05) is 6.54 Å². The first kappa shape index (κ1) is 19.1. The maximum Gasteiger partial charge on any atom is 0.253 e. The number of carbonyl (C=O) groups is 2. The van der Waals surface area contributed by atoms with E-state index < -0.39 is 16.5 Å². The molecule has 33 heavy (non-hydrogen) atoms. The fourth-order valence-corrected chi connectivity index (χ4v) is 7.30. The van der Waals surface area contributed by atoms with Crippen LogP contribution < -0.4 is 5.32 Å². The number of hydrogen-bond acceptors (Lipinski definition) is 3. The van der Waals surface area contributed by atoms with Crippen molar-refractivity contribution in [3.05, 3.63) is 65.4 Å². The second-order valence-corrected chi connectivity index (χ2v) is 10.7. The van der Waals surface area contributed by atoms with Crippen molar-refractivity contribution in [2.24, 2.45) is 11.3 Å². The number of piperazine rings is 1. The lowest BCUT2D eigenvalue weighted by molar-refractivity contribution is -0.362. The number of nitrogens with one attached hydrogen (secondary N) is 1. The Labute approximate surface area is 192 Å². The largest absolute Gasteiger partial charge is 0.618 e. The number of nitrogens with zero attached hydrogens (tertiary/aromatic N) is 2. The van der Waals surface area contributed by atoms with E-state index in [4.69, 9.17) is 0 Å². The molecule has 8 rings (SSSR count). The molecule has 2 amide bonds. The zero-order chi connectivity index (χ0) is 22.8. The summed E-state index contributed by atoms with van der Waals surface area (Å²) in [5.41, 5.74) is 2.51. The lowest BCUT2D eigenvalue weighted by Crippen LogP contribution is -2.83. The van der Waals surface area contributed by atoms with Gasteiger partial charge in [0.05, 0.1) is 16.6 Å². The third-order valence-electron chi connectivity index (χ3n) is 8.85. The quantitative estimate of drug-likeness (QED) is 0.545. The molecule has 1 aliphatic carbocycles. The summed E-state index contributed by atoms with van der Waals surface area (Å²) in [6.45, 7) is 4.75.